The average Bonchev–Trinajstić information content (AvgIpc) is 2.97. The van der Waals surface area contributed by atoms with E-state index < -0.39 is 0 Å². The highest BCUT2D eigenvalue weighted by molar-refractivity contribution is 5.81. The minimum atomic E-state index is 0.0585. The molecular formula is C20H22N2O2. The number of H-pyrrole nitrogens is 1. The number of benzene rings is 2. The summed E-state index contributed by atoms with van der Waals surface area (Å²) in [6.45, 7) is 2.59. The number of fused-ring (bicyclic) bond motifs is 1. The summed E-state index contributed by atoms with van der Waals surface area (Å²) in [5, 5.41) is 4.17. The number of hydrogen-bond acceptors (Lipinski definition) is 2. The lowest BCUT2D eigenvalue weighted by molar-refractivity contribution is -0.121. The van der Waals surface area contributed by atoms with Crippen molar-refractivity contribution in [3.8, 4) is 5.75 Å². The van der Waals surface area contributed by atoms with Crippen LogP contribution in [0, 0.1) is 6.92 Å². The molecule has 0 spiro atoms. The highest BCUT2D eigenvalue weighted by Gasteiger charge is 2.05. The largest absolute Gasteiger partial charge is 0.497 e. The van der Waals surface area contributed by atoms with Gasteiger partial charge in [0.2, 0.25) is 5.91 Å². The van der Waals surface area contributed by atoms with Gasteiger partial charge in [0.05, 0.1) is 7.11 Å². The molecule has 4 heteroatoms. The number of carbonyl (C=O) groups is 1. The zero-order valence-corrected chi connectivity index (χ0v) is 14.1. The SMILES string of the molecule is COc1cccc(CCC(=O)NCc2ccc3[nH]c(C)cc3c2)c1. The van der Waals surface area contributed by atoms with E-state index in [1.54, 1.807) is 7.11 Å². The molecule has 0 unspecified atom stereocenters. The Balaban J connectivity index is 1.52. The zero-order chi connectivity index (χ0) is 16.9. The second-order valence-corrected chi connectivity index (χ2v) is 6.00. The first-order valence-corrected chi connectivity index (χ1v) is 8.12. The van der Waals surface area contributed by atoms with E-state index in [9.17, 15) is 4.79 Å². The number of methoxy groups -OCH3 is 1. The molecule has 0 saturated carbocycles. The van der Waals surface area contributed by atoms with Gasteiger partial charge in [-0.1, -0.05) is 18.2 Å². The second-order valence-electron chi connectivity index (χ2n) is 6.00. The smallest absolute Gasteiger partial charge is 0.220 e. The molecule has 1 heterocycles. The predicted molar refractivity (Wildman–Crippen MR) is 96.2 cm³/mol. The van der Waals surface area contributed by atoms with Crippen LogP contribution in [0.4, 0.5) is 0 Å². The summed E-state index contributed by atoms with van der Waals surface area (Å²) in [6.07, 6.45) is 1.18. The minimum Gasteiger partial charge on any atom is -0.497 e. The molecule has 2 aromatic carbocycles. The molecule has 124 valence electrons. The Morgan fingerprint density at radius 2 is 2.00 bits per heavy atom. The van der Waals surface area contributed by atoms with Gasteiger partial charge in [-0.05, 0) is 60.2 Å². The van der Waals surface area contributed by atoms with Crippen LogP contribution in [-0.4, -0.2) is 18.0 Å². The third kappa shape index (κ3) is 3.96. The first kappa shape index (κ1) is 16.1. The van der Waals surface area contributed by atoms with Gasteiger partial charge in [0.25, 0.3) is 0 Å². The van der Waals surface area contributed by atoms with Crippen molar-refractivity contribution in [3.05, 3.63) is 65.4 Å². The van der Waals surface area contributed by atoms with Crippen molar-refractivity contribution in [1.29, 1.82) is 0 Å². The van der Waals surface area contributed by atoms with Gasteiger partial charge in [-0.25, -0.2) is 0 Å². The van der Waals surface area contributed by atoms with Crippen molar-refractivity contribution in [2.45, 2.75) is 26.3 Å². The molecule has 0 bridgehead atoms. The van der Waals surface area contributed by atoms with Gasteiger partial charge in [-0.15, -0.1) is 0 Å². The van der Waals surface area contributed by atoms with Crippen molar-refractivity contribution < 1.29 is 9.53 Å². The summed E-state index contributed by atoms with van der Waals surface area (Å²) < 4.78 is 5.20. The molecular weight excluding hydrogens is 300 g/mol. The molecule has 0 aliphatic rings. The first-order chi connectivity index (χ1) is 11.6. The van der Waals surface area contributed by atoms with Crippen LogP contribution >= 0.6 is 0 Å². The van der Waals surface area contributed by atoms with E-state index >= 15 is 0 Å². The van der Waals surface area contributed by atoms with E-state index in [-0.39, 0.29) is 5.91 Å². The lowest BCUT2D eigenvalue weighted by atomic mass is 10.1. The maximum atomic E-state index is 12.1. The summed E-state index contributed by atoms with van der Waals surface area (Å²) in [6, 6.07) is 16.2. The molecule has 1 aromatic heterocycles. The van der Waals surface area contributed by atoms with Crippen LogP contribution in [-0.2, 0) is 17.8 Å². The molecule has 0 radical (unpaired) electrons. The monoisotopic (exact) mass is 322 g/mol. The highest BCUT2D eigenvalue weighted by Crippen LogP contribution is 2.17. The second kappa shape index (κ2) is 7.21. The van der Waals surface area contributed by atoms with Crippen LogP contribution in [0.25, 0.3) is 10.9 Å². The summed E-state index contributed by atoms with van der Waals surface area (Å²) in [4.78, 5) is 15.4. The van der Waals surface area contributed by atoms with Crippen LogP contribution in [0.1, 0.15) is 23.2 Å². The lowest BCUT2D eigenvalue weighted by Gasteiger charge is -2.07. The molecule has 3 aromatic rings. The minimum absolute atomic E-state index is 0.0585. The summed E-state index contributed by atoms with van der Waals surface area (Å²) in [5.74, 6) is 0.881. The number of aromatic nitrogens is 1. The van der Waals surface area contributed by atoms with E-state index in [1.807, 2.05) is 37.3 Å². The number of nitrogens with one attached hydrogen (secondary N) is 2. The van der Waals surface area contributed by atoms with E-state index in [0.29, 0.717) is 19.4 Å². The first-order valence-electron chi connectivity index (χ1n) is 8.12. The van der Waals surface area contributed by atoms with E-state index in [4.69, 9.17) is 4.74 Å². The van der Waals surface area contributed by atoms with Crippen LogP contribution < -0.4 is 10.1 Å². The maximum absolute atomic E-state index is 12.1. The Labute approximate surface area is 141 Å². The van der Waals surface area contributed by atoms with Gasteiger partial charge in [0.15, 0.2) is 0 Å². The van der Waals surface area contributed by atoms with Gasteiger partial charge < -0.3 is 15.0 Å². The molecule has 0 aliphatic carbocycles. The summed E-state index contributed by atoms with van der Waals surface area (Å²) in [5.41, 5.74) is 4.48. The molecule has 1 amide bonds. The number of hydrogen-bond donors (Lipinski definition) is 2. The number of carbonyl (C=O) groups excluding carboxylic acids is 1. The molecule has 0 atom stereocenters. The van der Waals surface area contributed by atoms with Gasteiger partial charge in [0, 0.05) is 24.2 Å². The topological polar surface area (TPSA) is 54.1 Å². The molecule has 0 fully saturated rings. The van der Waals surface area contributed by atoms with Crippen LogP contribution in [0.3, 0.4) is 0 Å². The van der Waals surface area contributed by atoms with Crippen LogP contribution in [0.2, 0.25) is 0 Å². The summed E-state index contributed by atoms with van der Waals surface area (Å²) >= 11 is 0. The quantitative estimate of drug-likeness (QED) is 0.726. The predicted octanol–water partition coefficient (Wildman–Crippen LogP) is 3.73. The Morgan fingerprint density at radius 1 is 1.12 bits per heavy atom. The maximum Gasteiger partial charge on any atom is 0.220 e. The van der Waals surface area contributed by atoms with E-state index in [0.717, 1.165) is 28.1 Å². The van der Waals surface area contributed by atoms with E-state index in [1.165, 1.54) is 5.39 Å². The Bertz CT molecular complexity index is 852. The molecule has 0 saturated heterocycles. The third-order valence-electron chi connectivity index (χ3n) is 4.08. The highest BCUT2D eigenvalue weighted by atomic mass is 16.5. The fourth-order valence-electron chi connectivity index (χ4n) is 2.81. The Hall–Kier alpha value is -2.75. The van der Waals surface area contributed by atoms with Gasteiger partial charge in [0.1, 0.15) is 5.75 Å². The van der Waals surface area contributed by atoms with Crippen LogP contribution in [0.15, 0.2) is 48.5 Å². The van der Waals surface area contributed by atoms with Crippen molar-refractivity contribution >= 4 is 16.8 Å². The van der Waals surface area contributed by atoms with Gasteiger partial charge in [-0.2, -0.15) is 0 Å². The number of rotatable bonds is 6. The number of aryl methyl sites for hydroxylation is 2. The lowest BCUT2D eigenvalue weighted by Crippen LogP contribution is -2.22. The summed E-state index contributed by atoms with van der Waals surface area (Å²) in [7, 11) is 1.65. The average molecular weight is 322 g/mol. The molecule has 2 N–H and O–H groups in total. The number of ether oxygens (including phenoxy) is 1. The van der Waals surface area contributed by atoms with Crippen molar-refractivity contribution in [3.63, 3.8) is 0 Å². The van der Waals surface area contributed by atoms with Crippen LogP contribution in [0.5, 0.6) is 5.75 Å². The Morgan fingerprint density at radius 3 is 2.83 bits per heavy atom. The van der Waals surface area contributed by atoms with Crippen molar-refractivity contribution in [2.24, 2.45) is 0 Å². The van der Waals surface area contributed by atoms with Crippen molar-refractivity contribution in [2.75, 3.05) is 7.11 Å². The zero-order valence-electron chi connectivity index (χ0n) is 14.1. The molecule has 4 nitrogen and oxygen atoms in total. The van der Waals surface area contributed by atoms with E-state index in [2.05, 4.69) is 28.5 Å². The number of amides is 1. The van der Waals surface area contributed by atoms with Gasteiger partial charge >= 0.3 is 0 Å². The Kier molecular flexibility index (Phi) is 4.85. The van der Waals surface area contributed by atoms with Crippen molar-refractivity contribution in [1.82, 2.24) is 10.3 Å². The third-order valence-corrected chi connectivity index (χ3v) is 4.08. The number of aromatic amines is 1. The normalized spacial score (nSPS) is 10.8. The fraction of sp³-hybridized carbons (Fsp3) is 0.250. The fourth-order valence-corrected chi connectivity index (χ4v) is 2.81. The molecule has 0 aliphatic heterocycles. The van der Waals surface area contributed by atoms with Gasteiger partial charge in [-0.3, -0.25) is 4.79 Å². The molecule has 24 heavy (non-hydrogen) atoms. The molecule has 3 rings (SSSR count). The standard InChI is InChI=1S/C20H22N2O2/c1-14-10-17-11-16(6-8-19(17)22-14)13-21-20(23)9-7-15-4-3-5-18(12-15)24-2/h3-6,8,10-12,22H,7,9,13H2,1-2H3,(H,21,23).